The molecule has 0 atom stereocenters. The Balaban J connectivity index is 3.38. The summed E-state index contributed by atoms with van der Waals surface area (Å²) in [7, 11) is 0. The Morgan fingerprint density at radius 1 is 1.75 bits per heavy atom. The van der Waals surface area contributed by atoms with Crippen molar-refractivity contribution in [2.24, 2.45) is 5.16 Å². The zero-order valence-corrected chi connectivity index (χ0v) is 5.22. The van der Waals surface area contributed by atoms with Crippen molar-refractivity contribution in [1.29, 1.82) is 0 Å². The molecule has 0 aromatic heterocycles. The fraction of sp³-hybridized carbons (Fsp3) is 0.667. The number of rotatable bonds is 3. The average Bonchev–Trinajstić information content (AvgIpc) is 1.83. The summed E-state index contributed by atoms with van der Waals surface area (Å²) >= 11 is 0. The molecule has 0 saturated heterocycles. The summed E-state index contributed by atoms with van der Waals surface area (Å²) in [6.07, 6.45) is 2.45. The highest BCUT2D eigenvalue weighted by molar-refractivity contribution is 5.83. The molecule has 47 valence electrons. The molecule has 0 spiro atoms. The number of oxime groups is 1. The van der Waals surface area contributed by atoms with E-state index in [1.165, 1.54) is 0 Å². The lowest BCUT2D eigenvalue weighted by Crippen LogP contribution is -1.93. The molecule has 0 fully saturated rings. The minimum atomic E-state index is 0.812. The Hall–Kier alpha value is -0.530. The maximum absolute atomic E-state index is 8.22. The van der Waals surface area contributed by atoms with Gasteiger partial charge in [0.15, 0.2) is 0 Å². The first-order valence-electron chi connectivity index (χ1n) is 2.84. The second-order valence-corrected chi connectivity index (χ2v) is 1.62. The largest absolute Gasteiger partial charge is 0.411 e. The van der Waals surface area contributed by atoms with Crippen molar-refractivity contribution >= 4 is 5.71 Å². The summed E-state index contributed by atoms with van der Waals surface area (Å²) in [5, 5.41) is 11.3. The third kappa shape index (κ3) is 2.61. The van der Waals surface area contributed by atoms with Gasteiger partial charge >= 0.3 is 0 Å². The molecule has 0 heterocycles. The highest BCUT2D eigenvalue weighted by atomic mass is 16.4. The summed E-state index contributed by atoms with van der Waals surface area (Å²) in [6.45, 7) is 5.59. The van der Waals surface area contributed by atoms with Crippen LogP contribution in [0.3, 0.4) is 0 Å². The second kappa shape index (κ2) is 4.62. The standard InChI is InChI=1S/C6H12NO/c1-3-5-6(4-2)7-8/h8H,1,3-5H2,2H3. The highest BCUT2D eigenvalue weighted by Crippen LogP contribution is 1.94. The molecule has 0 unspecified atom stereocenters. The van der Waals surface area contributed by atoms with Gasteiger partial charge in [-0.05, 0) is 19.3 Å². The van der Waals surface area contributed by atoms with Gasteiger partial charge in [-0.1, -0.05) is 19.0 Å². The van der Waals surface area contributed by atoms with E-state index in [1.807, 2.05) is 6.92 Å². The van der Waals surface area contributed by atoms with Crippen LogP contribution in [-0.4, -0.2) is 10.9 Å². The van der Waals surface area contributed by atoms with Gasteiger partial charge < -0.3 is 5.21 Å². The second-order valence-electron chi connectivity index (χ2n) is 1.62. The summed E-state index contributed by atoms with van der Waals surface area (Å²) in [5.74, 6) is 0. The highest BCUT2D eigenvalue weighted by Gasteiger charge is 1.91. The normalized spacial score (nSPS) is 12.0. The zero-order valence-electron chi connectivity index (χ0n) is 5.22. The first-order valence-corrected chi connectivity index (χ1v) is 2.84. The molecule has 0 aromatic carbocycles. The Labute approximate surface area is 50.2 Å². The predicted octanol–water partition coefficient (Wildman–Crippen LogP) is 1.84. The van der Waals surface area contributed by atoms with Crippen LogP contribution >= 0.6 is 0 Å². The Bertz CT molecular complexity index is 78.6. The molecular weight excluding hydrogens is 102 g/mol. The van der Waals surface area contributed by atoms with Crippen molar-refractivity contribution in [3.05, 3.63) is 6.92 Å². The van der Waals surface area contributed by atoms with Crippen LogP contribution in [0, 0.1) is 6.92 Å². The van der Waals surface area contributed by atoms with Gasteiger partial charge in [-0.3, -0.25) is 0 Å². The third-order valence-corrected chi connectivity index (χ3v) is 1.01. The summed E-state index contributed by atoms with van der Waals surface area (Å²) in [4.78, 5) is 0. The van der Waals surface area contributed by atoms with E-state index in [-0.39, 0.29) is 0 Å². The van der Waals surface area contributed by atoms with E-state index in [2.05, 4.69) is 12.1 Å². The minimum absolute atomic E-state index is 0.812. The van der Waals surface area contributed by atoms with Crippen LogP contribution in [0.5, 0.6) is 0 Å². The van der Waals surface area contributed by atoms with Gasteiger partial charge in [0.1, 0.15) is 0 Å². The van der Waals surface area contributed by atoms with Crippen LogP contribution in [0.2, 0.25) is 0 Å². The van der Waals surface area contributed by atoms with E-state index >= 15 is 0 Å². The first kappa shape index (κ1) is 7.47. The average molecular weight is 114 g/mol. The lowest BCUT2D eigenvalue weighted by atomic mass is 10.2. The van der Waals surface area contributed by atoms with Crippen molar-refractivity contribution in [1.82, 2.24) is 0 Å². The van der Waals surface area contributed by atoms with Crippen molar-refractivity contribution in [3.63, 3.8) is 0 Å². The predicted molar refractivity (Wildman–Crippen MR) is 34.1 cm³/mol. The molecule has 0 aromatic rings. The van der Waals surface area contributed by atoms with Crippen molar-refractivity contribution < 1.29 is 5.21 Å². The molecule has 0 amide bonds. The van der Waals surface area contributed by atoms with E-state index in [9.17, 15) is 0 Å². The Morgan fingerprint density at radius 3 is 2.50 bits per heavy atom. The molecule has 0 saturated carbocycles. The zero-order chi connectivity index (χ0) is 6.41. The molecule has 0 bridgehead atoms. The van der Waals surface area contributed by atoms with Gasteiger partial charge in [0.25, 0.3) is 0 Å². The van der Waals surface area contributed by atoms with Crippen LogP contribution in [0.4, 0.5) is 0 Å². The molecule has 1 N–H and O–H groups in total. The van der Waals surface area contributed by atoms with E-state index in [4.69, 9.17) is 5.21 Å². The van der Waals surface area contributed by atoms with Crippen LogP contribution < -0.4 is 0 Å². The van der Waals surface area contributed by atoms with Crippen molar-refractivity contribution in [2.75, 3.05) is 0 Å². The number of hydrogen-bond acceptors (Lipinski definition) is 2. The molecule has 8 heavy (non-hydrogen) atoms. The van der Waals surface area contributed by atoms with Crippen LogP contribution in [0.25, 0.3) is 0 Å². The van der Waals surface area contributed by atoms with E-state index in [0.29, 0.717) is 0 Å². The van der Waals surface area contributed by atoms with Gasteiger partial charge in [-0.15, -0.1) is 0 Å². The summed E-state index contributed by atoms with van der Waals surface area (Å²) in [6, 6.07) is 0. The fourth-order valence-corrected chi connectivity index (χ4v) is 0.502. The van der Waals surface area contributed by atoms with Gasteiger partial charge in [-0.2, -0.15) is 0 Å². The number of hydrogen-bond donors (Lipinski definition) is 1. The maximum Gasteiger partial charge on any atom is 0.0568 e. The minimum Gasteiger partial charge on any atom is -0.411 e. The molecule has 0 rings (SSSR count). The Kier molecular flexibility index (Phi) is 4.32. The van der Waals surface area contributed by atoms with Crippen molar-refractivity contribution in [2.45, 2.75) is 26.2 Å². The topological polar surface area (TPSA) is 32.6 Å². The van der Waals surface area contributed by atoms with Gasteiger partial charge in [0.05, 0.1) is 5.71 Å². The lowest BCUT2D eigenvalue weighted by molar-refractivity contribution is 0.316. The summed E-state index contributed by atoms with van der Waals surface area (Å²) in [5.41, 5.74) is 0.833. The SMILES string of the molecule is [CH2]CCC(CC)=NO. The number of nitrogens with zero attached hydrogens (tertiary/aromatic N) is 1. The molecule has 0 aliphatic carbocycles. The molecule has 0 aliphatic heterocycles. The van der Waals surface area contributed by atoms with E-state index in [0.717, 1.165) is 25.0 Å². The third-order valence-electron chi connectivity index (χ3n) is 1.01. The maximum atomic E-state index is 8.22. The first-order chi connectivity index (χ1) is 3.85. The lowest BCUT2D eigenvalue weighted by Gasteiger charge is -1.93. The molecule has 2 heteroatoms. The van der Waals surface area contributed by atoms with Crippen LogP contribution in [0.1, 0.15) is 26.2 Å². The van der Waals surface area contributed by atoms with Gasteiger partial charge in [0.2, 0.25) is 0 Å². The molecule has 2 nitrogen and oxygen atoms in total. The quantitative estimate of drug-likeness (QED) is 0.339. The van der Waals surface area contributed by atoms with E-state index < -0.39 is 0 Å². The Morgan fingerprint density at radius 2 is 2.38 bits per heavy atom. The molecule has 1 radical (unpaired) electrons. The fourth-order valence-electron chi connectivity index (χ4n) is 0.502. The van der Waals surface area contributed by atoms with Gasteiger partial charge in [0, 0.05) is 0 Å². The monoisotopic (exact) mass is 114 g/mol. The smallest absolute Gasteiger partial charge is 0.0568 e. The van der Waals surface area contributed by atoms with Crippen molar-refractivity contribution in [3.8, 4) is 0 Å². The molecule has 0 aliphatic rings. The van der Waals surface area contributed by atoms with E-state index in [1.54, 1.807) is 0 Å². The molecular formula is C6H12NO. The van der Waals surface area contributed by atoms with Gasteiger partial charge in [-0.25, -0.2) is 0 Å². The van der Waals surface area contributed by atoms with Crippen LogP contribution in [0.15, 0.2) is 5.16 Å². The summed E-state index contributed by atoms with van der Waals surface area (Å²) < 4.78 is 0. The van der Waals surface area contributed by atoms with Crippen LogP contribution in [-0.2, 0) is 0 Å².